The van der Waals surface area contributed by atoms with Gasteiger partial charge in [0.05, 0.1) is 6.61 Å². The summed E-state index contributed by atoms with van der Waals surface area (Å²) in [5.74, 6) is 1.02. The zero-order chi connectivity index (χ0) is 12.5. The lowest BCUT2D eigenvalue weighted by molar-refractivity contribution is 0.288. The largest absolute Gasteiger partial charge is 0.493 e. The van der Waals surface area contributed by atoms with Crippen molar-refractivity contribution in [1.29, 1.82) is 0 Å². The first-order chi connectivity index (χ1) is 8.74. The van der Waals surface area contributed by atoms with E-state index in [1.165, 1.54) is 16.7 Å². The Morgan fingerprint density at radius 3 is 2.89 bits per heavy atom. The molecule has 0 unspecified atom stereocenters. The van der Waals surface area contributed by atoms with Crippen molar-refractivity contribution < 1.29 is 4.74 Å². The highest BCUT2D eigenvalue weighted by Crippen LogP contribution is 2.33. The number of nitrogens with two attached hydrogens (primary N) is 1. The van der Waals surface area contributed by atoms with Gasteiger partial charge in [-0.25, -0.2) is 0 Å². The van der Waals surface area contributed by atoms with Crippen molar-refractivity contribution in [1.82, 2.24) is 0 Å². The Hall–Kier alpha value is -1.96. The SMILES string of the molecule is Cc1ccc(N)c(-c2ccc3c(c2)CCCO3)c1. The molecule has 2 nitrogen and oxygen atoms in total. The third-order valence-electron chi connectivity index (χ3n) is 3.43. The normalized spacial score (nSPS) is 13.8. The van der Waals surface area contributed by atoms with Gasteiger partial charge < -0.3 is 10.5 Å². The van der Waals surface area contributed by atoms with Crippen molar-refractivity contribution in [3.05, 3.63) is 47.5 Å². The number of anilines is 1. The predicted molar refractivity (Wildman–Crippen MR) is 74.8 cm³/mol. The molecule has 1 heterocycles. The topological polar surface area (TPSA) is 35.2 Å². The Kier molecular flexibility index (Phi) is 2.71. The molecule has 92 valence electrons. The van der Waals surface area contributed by atoms with E-state index >= 15 is 0 Å². The number of benzene rings is 2. The van der Waals surface area contributed by atoms with Gasteiger partial charge in [-0.05, 0) is 55.2 Å². The van der Waals surface area contributed by atoms with Gasteiger partial charge >= 0.3 is 0 Å². The van der Waals surface area contributed by atoms with Gasteiger partial charge in [0.15, 0.2) is 0 Å². The average Bonchev–Trinajstić information content (AvgIpc) is 2.41. The predicted octanol–water partition coefficient (Wildman–Crippen LogP) is 3.57. The van der Waals surface area contributed by atoms with Crippen molar-refractivity contribution in [2.75, 3.05) is 12.3 Å². The van der Waals surface area contributed by atoms with Gasteiger partial charge in [0.2, 0.25) is 0 Å². The standard InChI is InChI=1S/C16H17NO/c1-11-4-6-15(17)14(9-11)12-5-7-16-13(10-12)3-2-8-18-16/h4-7,9-10H,2-3,8,17H2,1H3. The monoisotopic (exact) mass is 239 g/mol. The average molecular weight is 239 g/mol. The first kappa shape index (κ1) is 11.1. The van der Waals surface area contributed by atoms with Gasteiger partial charge in [0, 0.05) is 11.3 Å². The number of hydrogen-bond acceptors (Lipinski definition) is 2. The molecule has 0 bridgehead atoms. The molecule has 0 spiro atoms. The van der Waals surface area contributed by atoms with Crippen LogP contribution >= 0.6 is 0 Å². The van der Waals surface area contributed by atoms with Crippen LogP contribution in [0.3, 0.4) is 0 Å². The molecule has 0 fully saturated rings. The molecule has 0 saturated heterocycles. The fourth-order valence-electron chi connectivity index (χ4n) is 2.45. The van der Waals surface area contributed by atoms with E-state index in [-0.39, 0.29) is 0 Å². The summed E-state index contributed by atoms with van der Waals surface area (Å²) in [5.41, 5.74) is 11.7. The van der Waals surface area contributed by atoms with Crippen LogP contribution < -0.4 is 10.5 Å². The number of hydrogen-bond donors (Lipinski definition) is 1. The molecule has 0 saturated carbocycles. The van der Waals surface area contributed by atoms with Gasteiger partial charge in [-0.3, -0.25) is 0 Å². The van der Waals surface area contributed by atoms with Crippen LogP contribution in [0.4, 0.5) is 5.69 Å². The van der Waals surface area contributed by atoms with E-state index in [9.17, 15) is 0 Å². The minimum Gasteiger partial charge on any atom is -0.493 e. The summed E-state index contributed by atoms with van der Waals surface area (Å²) in [6.07, 6.45) is 2.19. The summed E-state index contributed by atoms with van der Waals surface area (Å²) in [4.78, 5) is 0. The second-order valence-electron chi connectivity index (χ2n) is 4.87. The zero-order valence-corrected chi connectivity index (χ0v) is 10.6. The highest BCUT2D eigenvalue weighted by Gasteiger charge is 2.12. The molecule has 0 amide bonds. The van der Waals surface area contributed by atoms with Crippen LogP contribution in [0.15, 0.2) is 36.4 Å². The molecule has 2 aromatic rings. The van der Waals surface area contributed by atoms with E-state index in [4.69, 9.17) is 10.5 Å². The third kappa shape index (κ3) is 1.94. The molecule has 2 aromatic carbocycles. The molecule has 2 N–H and O–H groups in total. The maximum Gasteiger partial charge on any atom is 0.122 e. The minimum atomic E-state index is 0.831. The fraction of sp³-hybridized carbons (Fsp3) is 0.250. The van der Waals surface area contributed by atoms with Crippen LogP contribution in [0.5, 0.6) is 5.75 Å². The Balaban J connectivity index is 2.09. The number of ether oxygens (including phenoxy) is 1. The minimum absolute atomic E-state index is 0.831. The van der Waals surface area contributed by atoms with Crippen LogP contribution in [-0.4, -0.2) is 6.61 Å². The van der Waals surface area contributed by atoms with Crippen molar-refractivity contribution in [3.63, 3.8) is 0 Å². The van der Waals surface area contributed by atoms with Gasteiger partial charge in [-0.1, -0.05) is 17.7 Å². The molecular formula is C16H17NO. The molecule has 2 heteroatoms. The van der Waals surface area contributed by atoms with Crippen molar-refractivity contribution in [3.8, 4) is 16.9 Å². The molecule has 0 aliphatic carbocycles. The van der Waals surface area contributed by atoms with Crippen LogP contribution in [0, 0.1) is 6.92 Å². The van der Waals surface area contributed by atoms with E-state index in [1.54, 1.807) is 0 Å². The van der Waals surface area contributed by atoms with E-state index in [2.05, 4.69) is 31.2 Å². The summed E-state index contributed by atoms with van der Waals surface area (Å²) in [6.45, 7) is 2.92. The third-order valence-corrected chi connectivity index (χ3v) is 3.43. The molecule has 1 aliphatic rings. The number of rotatable bonds is 1. The second kappa shape index (κ2) is 4.37. The first-order valence-electron chi connectivity index (χ1n) is 6.36. The molecule has 3 rings (SSSR count). The summed E-state index contributed by atoms with van der Waals surface area (Å²) < 4.78 is 5.64. The highest BCUT2D eigenvalue weighted by atomic mass is 16.5. The Bertz CT molecular complexity index is 590. The fourth-order valence-corrected chi connectivity index (χ4v) is 2.45. The van der Waals surface area contributed by atoms with Crippen molar-refractivity contribution in [2.24, 2.45) is 0 Å². The summed E-state index contributed by atoms with van der Waals surface area (Å²) in [6, 6.07) is 12.5. The molecular weight excluding hydrogens is 222 g/mol. The Morgan fingerprint density at radius 2 is 2.00 bits per heavy atom. The van der Waals surface area contributed by atoms with Crippen LogP contribution in [0.25, 0.3) is 11.1 Å². The number of aryl methyl sites for hydroxylation is 2. The van der Waals surface area contributed by atoms with Crippen LogP contribution in [0.2, 0.25) is 0 Å². The number of fused-ring (bicyclic) bond motifs is 1. The maximum atomic E-state index is 6.07. The van der Waals surface area contributed by atoms with Gasteiger partial charge in [0.25, 0.3) is 0 Å². The molecule has 0 aromatic heterocycles. The second-order valence-corrected chi connectivity index (χ2v) is 4.87. The summed E-state index contributed by atoms with van der Waals surface area (Å²) in [7, 11) is 0. The quantitative estimate of drug-likeness (QED) is 0.772. The molecule has 0 atom stereocenters. The summed E-state index contributed by atoms with van der Waals surface area (Å²) >= 11 is 0. The lowest BCUT2D eigenvalue weighted by Gasteiger charge is -2.18. The van der Waals surface area contributed by atoms with Crippen LogP contribution in [0.1, 0.15) is 17.5 Å². The maximum absolute atomic E-state index is 6.07. The van der Waals surface area contributed by atoms with Gasteiger partial charge in [-0.15, -0.1) is 0 Å². The lowest BCUT2D eigenvalue weighted by atomic mass is 9.97. The van der Waals surface area contributed by atoms with Crippen molar-refractivity contribution >= 4 is 5.69 Å². The van der Waals surface area contributed by atoms with Crippen molar-refractivity contribution in [2.45, 2.75) is 19.8 Å². The molecule has 0 radical (unpaired) electrons. The zero-order valence-electron chi connectivity index (χ0n) is 10.6. The number of nitrogen functional groups attached to an aromatic ring is 1. The van der Waals surface area contributed by atoms with E-state index in [0.29, 0.717) is 0 Å². The Labute approximate surface area is 107 Å². The molecule has 1 aliphatic heterocycles. The first-order valence-corrected chi connectivity index (χ1v) is 6.36. The smallest absolute Gasteiger partial charge is 0.122 e. The lowest BCUT2D eigenvalue weighted by Crippen LogP contribution is -2.08. The Morgan fingerprint density at radius 1 is 1.11 bits per heavy atom. The van der Waals surface area contributed by atoms with Gasteiger partial charge in [0.1, 0.15) is 5.75 Å². The van der Waals surface area contributed by atoms with E-state index in [0.717, 1.165) is 36.4 Å². The molecule has 18 heavy (non-hydrogen) atoms. The van der Waals surface area contributed by atoms with E-state index < -0.39 is 0 Å². The summed E-state index contributed by atoms with van der Waals surface area (Å²) in [5, 5.41) is 0. The van der Waals surface area contributed by atoms with E-state index in [1.807, 2.05) is 12.1 Å². The highest BCUT2D eigenvalue weighted by molar-refractivity contribution is 5.77. The van der Waals surface area contributed by atoms with Gasteiger partial charge in [-0.2, -0.15) is 0 Å². The van der Waals surface area contributed by atoms with Crippen LogP contribution in [-0.2, 0) is 6.42 Å².